The highest BCUT2D eigenvalue weighted by molar-refractivity contribution is 6.01. The molecule has 1 aliphatic carbocycles. The summed E-state index contributed by atoms with van der Waals surface area (Å²) < 4.78 is 10.1. The number of aryl methyl sites for hydroxylation is 1. The van der Waals surface area contributed by atoms with Crippen molar-refractivity contribution >= 4 is 39.6 Å². The van der Waals surface area contributed by atoms with E-state index in [0.29, 0.717) is 48.7 Å². The molecule has 0 spiro atoms. The summed E-state index contributed by atoms with van der Waals surface area (Å²) in [6.45, 7) is 1.58. The van der Waals surface area contributed by atoms with Crippen molar-refractivity contribution in [1.29, 1.82) is 0 Å². The predicted molar refractivity (Wildman–Crippen MR) is 171 cm³/mol. The minimum atomic E-state index is -0.603. The molecule has 2 aromatic carbocycles. The molecule has 2 aliphatic heterocycles. The molecule has 1 saturated carbocycles. The first-order valence-electron chi connectivity index (χ1n) is 15.5. The normalized spacial score (nSPS) is 19.7. The van der Waals surface area contributed by atoms with Crippen LogP contribution in [0.5, 0.6) is 5.75 Å². The molecule has 2 fully saturated rings. The first-order chi connectivity index (χ1) is 21.8. The van der Waals surface area contributed by atoms with E-state index >= 15 is 0 Å². The third kappa shape index (κ3) is 4.74. The van der Waals surface area contributed by atoms with Crippen molar-refractivity contribution in [2.24, 2.45) is 18.7 Å². The van der Waals surface area contributed by atoms with Crippen molar-refractivity contribution in [1.82, 2.24) is 24.0 Å². The Morgan fingerprint density at radius 1 is 1.11 bits per heavy atom. The minimum absolute atomic E-state index is 0.0135. The number of methoxy groups -OCH3 is 1. The van der Waals surface area contributed by atoms with E-state index in [1.165, 1.54) is 12.8 Å². The molecule has 2 atom stereocenters. The lowest BCUT2D eigenvalue weighted by atomic mass is 10.0. The number of imidazole rings is 1. The number of carbonyl (C=O) groups is 2. The van der Waals surface area contributed by atoms with Crippen molar-refractivity contribution in [3.8, 4) is 28.5 Å². The van der Waals surface area contributed by atoms with Crippen molar-refractivity contribution in [3.05, 3.63) is 59.7 Å². The monoisotopic (exact) mass is 605 g/mol. The van der Waals surface area contributed by atoms with Gasteiger partial charge >= 0.3 is 0 Å². The van der Waals surface area contributed by atoms with Crippen molar-refractivity contribution in [2.45, 2.75) is 44.4 Å². The van der Waals surface area contributed by atoms with Gasteiger partial charge < -0.3 is 34.9 Å². The summed E-state index contributed by atoms with van der Waals surface area (Å²) in [5.74, 6) is 1.77. The van der Waals surface area contributed by atoms with Gasteiger partial charge in [-0.05, 0) is 73.2 Å². The van der Waals surface area contributed by atoms with Gasteiger partial charge in [-0.3, -0.25) is 9.59 Å². The third-order valence-electron chi connectivity index (χ3n) is 9.45. The summed E-state index contributed by atoms with van der Waals surface area (Å²) in [5, 5.41) is 14.0. The number of rotatable bonds is 6. The molecular weight excluding hydrogens is 570 g/mol. The molecule has 0 unspecified atom stereocenters. The van der Waals surface area contributed by atoms with Crippen LogP contribution in [0.3, 0.4) is 0 Å². The Hall–Kier alpha value is -4.74. The molecule has 230 valence electrons. The number of aromatic nitrogens is 4. The van der Waals surface area contributed by atoms with E-state index in [-0.39, 0.29) is 11.8 Å². The number of nitrogens with two attached hydrogens (primary N) is 1. The molecule has 0 bridgehead atoms. The quantitative estimate of drug-likeness (QED) is 0.268. The summed E-state index contributed by atoms with van der Waals surface area (Å²) in [6, 6.07) is 15.4. The SMILES string of the molecule is COc1cc(C(=O)N2CC[C@@H](O)[C@@H](N)C2)cc2nc(-c3cc4ccc(-c5ccc6c(c5)CC(=O)N6)nc4n3CC3CC3)n(C)c12. The first kappa shape index (κ1) is 27.8. The van der Waals surface area contributed by atoms with Crippen LogP contribution in [0.25, 0.3) is 44.8 Å². The number of fused-ring (bicyclic) bond motifs is 3. The van der Waals surface area contributed by atoms with Crippen LogP contribution in [0.15, 0.2) is 48.5 Å². The van der Waals surface area contributed by atoms with Crippen LogP contribution < -0.4 is 15.8 Å². The second-order valence-electron chi connectivity index (χ2n) is 12.6. The summed E-state index contributed by atoms with van der Waals surface area (Å²) in [6.07, 6.45) is 2.60. The average molecular weight is 606 g/mol. The van der Waals surface area contributed by atoms with Gasteiger partial charge in [-0.15, -0.1) is 0 Å². The molecule has 3 aliphatic rings. The lowest BCUT2D eigenvalue weighted by Gasteiger charge is -2.34. The smallest absolute Gasteiger partial charge is 0.254 e. The lowest BCUT2D eigenvalue weighted by molar-refractivity contribution is -0.115. The van der Waals surface area contributed by atoms with Crippen LogP contribution in [0.1, 0.15) is 35.2 Å². The maximum atomic E-state index is 13.5. The Bertz CT molecular complexity index is 2020. The van der Waals surface area contributed by atoms with Crippen LogP contribution in [-0.4, -0.2) is 73.3 Å². The van der Waals surface area contributed by atoms with Crippen LogP contribution in [-0.2, 0) is 24.8 Å². The molecule has 8 rings (SSSR count). The second-order valence-corrected chi connectivity index (χ2v) is 12.6. The van der Waals surface area contributed by atoms with E-state index < -0.39 is 12.1 Å². The zero-order valence-electron chi connectivity index (χ0n) is 25.3. The van der Waals surface area contributed by atoms with Gasteiger partial charge in [0.15, 0.2) is 5.82 Å². The highest BCUT2D eigenvalue weighted by Crippen LogP contribution is 2.38. The number of nitrogens with zero attached hydrogens (tertiary/aromatic N) is 5. The molecule has 0 radical (unpaired) electrons. The fraction of sp³-hybridized carbons (Fsp3) is 0.353. The van der Waals surface area contributed by atoms with E-state index in [4.69, 9.17) is 20.4 Å². The van der Waals surface area contributed by atoms with Gasteiger partial charge in [-0.2, -0.15) is 0 Å². The van der Waals surface area contributed by atoms with Gasteiger partial charge in [0, 0.05) is 54.9 Å². The van der Waals surface area contributed by atoms with Crippen LogP contribution in [0.2, 0.25) is 0 Å². The van der Waals surface area contributed by atoms with E-state index in [1.54, 1.807) is 18.1 Å². The number of hydrogen-bond donors (Lipinski definition) is 3. The number of likely N-dealkylation sites (tertiary alicyclic amines) is 1. The zero-order valence-corrected chi connectivity index (χ0v) is 25.3. The number of anilines is 1. The number of hydrogen-bond acceptors (Lipinski definition) is 7. The third-order valence-corrected chi connectivity index (χ3v) is 9.45. The molecule has 4 N–H and O–H groups in total. The Labute approximate surface area is 259 Å². The van der Waals surface area contributed by atoms with Gasteiger partial charge in [-0.25, -0.2) is 9.97 Å². The fourth-order valence-electron chi connectivity index (χ4n) is 6.76. The Morgan fingerprint density at radius 3 is 2.73 bits per heavy atom. The van der Waals surface area contributed by atoms with Crippen molar-refractivity contribution in [3.63, 3.8) is 0 Å². The number of benzene rings is 2. The molecule has 2 amide bonds. The lowest BCUT2D eigenvalue weighted by Crippen LogP contribution is -2.53. The molecular formula is C34H35N7O4. The number of aliphatic hydroxyl groups excluding tert-OH is 1. The number of pyridine rings is 1. The number of piperidine rings is 1. The Kier molecular flexibility index (Phi) is 6.43. The number of amides is 2. The van der Waals surface area contributed by atoms with Gasteiger partial charge in [0.1, 0.15) is 16.9 Å². The maximum absolute atomic E-state index is 13.5. The number of aliphatic hydroxyl groups is 1. The standard InChI is InChI=1S/C34H35N7O4/c1-39-31-26(12-22(14-29(31)45-2)34(44)40-10-9-28(42)23(35)17-40)38-33(39)27-13-20-6-8-24(37-32(20)41(27)16-18-3-4-18)19-5-7-25-21(11-19)15-30(43)36-25/h5-8,11-14,18,23,28,42H,3-4,9-10,15-17,35H2,1-2H3,(H,36,43)/t23-,28+/m0/s1. The maximum Gasteiger partial charge on any atom is 0.254 e. The highest BCUT2D eigenvalue weighted by atomic mass is 16.5. The summed E-state index contributed by atoms with van der Waals surface area (Å²) in [4.78, 5) is 37.4. The van der Waals surface area contributed by atoms with Crippen molar-refractivity contribution in [2.75, 3.05) is 25.5 Å². The molecule has 5 aromatic rings. The largest absolute Gasteiger partial charge is 0.494 e. The van der Waals surface area contributed by atoms with E-state index in [2.05, 4.69) is 22.0 Å². The molecule has 11 nitrogen and oxygen atoms in total. The molecule has 45 heavy (non-hydrogen) atoms. The topological polar surface area (TPSA) is 141 Å². The fourth-order valence-corrected chi connectivity index (χ4v) is 6.76. The van der Waals surface area contributed by atoms with Gasteiger partial charge in [0.05, 0.1) is 36.5 Å². The molecule has 3 aromatic heterocycles. The first-order valence-corrected chi connectivity index (χ1v) is 15.5. The van der Waals surface area contributed by atoms with Gasteiger partial charge in [-0.1, -0.05) is 6.07 Å². The molecule has 11 heteroatoms. The minimum Gasteiger partial charge on any atom is -0.494 e. The molecule has 1 saturated heterocycles. The van der Waals surface area contributed by atoms with E-state index in [0.717, 1.165) is 57.1 Å². The summed E-state index contributed by atoms with van der Waals surface area (Å²) in [7, 11) is 3.57. The highest BCUT2D eigenvalue weighted by Gasteiger charge is 2.30. The van der Waals surface area contributed by atoms with E-state index in [9.17, 15) is 14.7 Å². The predicted octanol–water partition coefficient (Wildman–Crippen LogP) is 3.70. The second kappa shape index (κ2) is 10.4. The Balaban J connectivity index is 1.22. The number of nitrogens with one attached hydrogen (secondary N) is 1. The van der Waals surface area contributed by atoms with Gasteiger partial charge in [0.2, 0.25) is 5.91 Å². The van der Waals surface area contributed by atoms with Crippen LogP contribution in [0.4, 0.5) is 5.69 Å². The zero-order chi connectivity index (χ0) is 31.0. The van der Waals surface area contributed by atoms with Crippen molar-refractivity contribution < 1.29 is 19.4 Å². The van der Waals surface area contributed by atoms with Gasteiger partial charge in [0.25, 0.3) is 5.91 Å². The summed E-state index contributed by atoms with van der Waals surface area (Å²) >= 11 is 0. The van der Waals surface area contributed by atoms with Crippen LogP contribution in [0, 0.1) is 5.92 Å². The van der Waals surface area contributed by atoms with E-state index in [1.807, 2.05) is 41.9 Å². The summed E-state index contributed by atoms with van der Waals surface area (Å²) in [5.41, 5.74) is 13.5. The van der Waals surface area contributed by atoms with Crippen LogP contribution >= 0.6 is 0 Å². The average Bonchev–Trinajstić information content (AvgIpc) is 3.55. The Morgan fingerprint density at radius 2 is 1.96 bits per heavy atom. The number of carbonyl (C=O) groups excluding carboxylic acids is 2. The number of ether oxygens (including phenoxy) is 1. The molecule has 5 heterocycles.